The molecule has 4 heteroatoms. The summed E-state index contributed by atoms with van der Waals surface area (Å²) in [6.45, 7) is 0. The molecule has 2 aromatic heterocycles. The van der Waals surface area contributed by atoms with Gasteiger partial charge in [0.05, 0.1) is 0 Å². The van der Waals surface area contributed by atoms with E-state index in [2.05, 4.69) is 9.97 Å². The summed E-state index contributed by atoms with van der Waals surface area (Å²) >= 11 is 0. The number of hydrogen-bond donors (Lipinski definition) is 0. The lowest BCUT2D eigenvalue weighted by atomic mass is 10.3. The highest BCUT2D eigenvalue weighted by Crippen LogP contribution is 2.11. The number of halogens is 2. The molecule has 0 atom stereocenters. The fourth-order valence-corrected chi connectivity index (χ4v) is 0.958. The maximum absolute atomic E-state index is 12.6. The fourth-order valence-electron chi connectivity index (χ4n) is 0.958. The Kier molecular flexibility index (Phi) is 1.46. The molecule has 0 aliphatic heterocycles. The molecule has 12 heavy (non-hydrogen) atoms. The molecule has 0 aromatic carbocycles. The first-order valence-corrected chi connectivity index (χ1v) is 3.34. The van der Waals surface area contributed by atoms with Crippen molar-refractivity contribution in [1.29, 1.82) is 0 Å². The summed E-state index contributed by atoms with van der Waals surface area (Å²) < 4.78 is 25.1. The maximum Gasteiger partial charge on any atom is 0.250 e. The molecule has 0 saturated carbocycles. The molecule has 60 valence electrons. The molecule has 0 N–H and O–H groups in total. The van der Waals surface area contributed by atoms with Crippen LogP contribution < -0.4 is 0 Å². The second kappa shape index (κ2) is 2.48. The van der Waals surface area contributed by atoms with Crippen LogP contribution in [0.3, 0.4) is 0 Å². The minimum absolute atomic E-state index is 0.219. The lowest BCUT2D eigenvalue weighted by molar-refractivity contribution is 0.483. The number of pyridine rings is 2. The summed E-state index contributed by atoms with van der Waals surface area (Å²) in [5.41, 5.74) is 0.219. The van der Waals surface area contributed by atoms with E-state index in [0.29, 0.717) is 5.39 Å². The molecule has 0 amide bonds. The summed E-state index contributed by atoms with van der Waals surface area (Å²) in [6, 6.07) is 4.34. The van der Waals surface area contributed by atoms with Crippen molar-refractivity contribution < 1.29 is 8.78 Å². The number of nitrogens with zero attached hydrogens (tertiary/aromatic N) is 2. The number of fused-ring (bicyclic) bond motifs is 1. The monoisotopic (exact) mass is 166 g/mol. The summed E-state index contributed by atoms with van der Waals surface area (Å²) in [5, 5.41) is 0.497. The summed E-state index contributed by atoms with van der Waals surface area (Å²) in [7, 11) is 0. The molecule has 2 nitrogen and oxygen atoms in total. The van der Waals surface area contributed by atoms with E-state index in [0.717, 1.165) is 6.07 Å². The summed E-state index contributed by atoms with van der Waals surface area (Å²) in [5.74, 6) is -2.06. The van der Waals surface area contributed by atoms with Gasteiger partial charge in [-0.25, -0.2) is 9.37 Å². The molecule has 0 unspecified atom stereocenters. The molecule has 0 bridgehead atoms. The highest BCUT2D eigenvalue weighted by molar-refractivity contribution is 5.73. The van der Waals surface area contributed by atoms with Crippen molar-refractivity contribution in [1.82, 2.24) is 9.97 Å². The number of hydrogen-bond acceptors (Lipinski definition) is 2. The van der Waals surface area contributed by atoms with Crippen molar-refractivity contribution in [3.8, 4) is 0 Å². The zero-order valence-corrected chi connectivity index (χ0v) is 5.96. The molecule has 2 aromatic rings. The Bertz CT molecular complexity index is 388. The SMILES string of the molecule is Fc1cc2cccnc2nc1F. The van der Waals surface area contributed by atoms with E-state index in [-0.39, 0.29) is 5.65 Å². The average Bonchev–Trinajstić information content (AvgIpc) is 2.07. The van der Waals surface area contributed by atoms with Crippen LogP contribution in [-0.4, -0.2) is 9.97 Å². The van der Waals surface area contributed by atoms with Crippen LogP contribution in [0.25, 0.3) is 11.0 Å². The van der Waals surface area contributed by atoms with Crippen LogP contribution in [-0.2, 0) is 0 Å². The van der Waals surface area contributed by atoms with Gasteiger partial charge in [0.2, 0.25) is 0 Å². The smallest absolute Gasteiger partial charge is 0.237 e. The first-order chi connectivity index (χ1) is 5.77. The van der Waals surface area contributed by atoms with Crippen molar-refractivity contribution in [2.24, 2.45) is 0 Å². The Labute approximate surface area is 66.9 Å². The predicted octanol–water partition coefficient (Wildman–Crippen LogP) is 1.91. The largest absolute Gasteiger partial charge is 0.250 e. The standard InChI is InChI=1S/C8H4F2N2/c9-6-4-5-2-1-3-11-8(5)12-7(6)10/h1-4H. The van der Waals surface area contributed by atoms with Crippen molar-refractivity contribution >= 4 is 11.0 Å². The second-order valence-corrected chi connectivity index (χ2v) is 2.31. The molecule has 2 heterocycles. The molecule has 0 fully saturated rings. The third kappa shape index (κ3) is 1.01. The van der Waals surface area contributed by atoms with E-state index in [9.17, 15) is 8.78 Å². The van der Waals surface area contributed by atoms with E-state index in [1.54, 1.807) is 12.1 Å². The third-order valence-electron chi connectivity index (χ3n) is 1.50. The van der Waals surface area contributed by atoms with E-state index < -0.39 is 11.8 Å². The third-order valence-corrected chi connectivity index (χ3v) is 1.50. The van der Waals surface area contributed by atoms with E-state index >= 15 is 0 Å². The Morgan fingerprint density at radius 2 is 2.08 bits per heavy atom. The molecule has 2 rings (SSSR count). The highest BCUT2D eigenvalue weighted by Gasteiger charge is 2.04. The van der Waals surface area contributed by atoms with Crippen molar-refractivity contribution in [3.05, 3.63) is 36.2 Å². The fraction of sp³-hybridized carbons (Fsp3) is 0. The minimum Gasteiger partial charge on any atom is -0.237 e. The van der Waals surface area contributed by atoms with E-state index in [1.807, 2.05) is 0 Å². The summed E-state index contributed by atoms with van der Waals surface area (Å²) in [4.78, 5) is 7.09. The molecule has 0 radical (unpaired) electrons. The normalized spacial score (nSPS) is 10.5. The first-order valence-electron chi connectivity index (χ1n) is 3.34. The number of rotatable bonds is 0. The minimum atomic E-state index is -1.11. The van der Waals surface area contributed by atoms with Crippen LogP contribution in [0.1, 0.15) is 0 Å². The lowest BCUT2D eigenvalue weighted by Gasteiger charge is -1.95. The zero-order chi connectivity index (χ0) is 8.55. The Morgan fingerprint density at radius 1 is 1.25 bits per heavy atom. The maximum atomic E-state index is 12.6. The van der Waals surface area contributed by atoms with Gasteiger partial charge in [-0.3, -0.25) is 0 Å². The quantitative estimate of drug-likeness (QED) is 0.558. The Balaban J connectivity index is 2.84. The van der Waals surface area contributed by atoms with Crippen molar-refractivity contribution in [2.75, 3.05) is 0 Å². The van der Waals surface area contributed by atoms with Gasteiger partial charge in [-0.05, 0) is 18.2 Å². The van der Waals surface area contributed by atoms with Gasteiger partial charge < -0.3 is 0 Å². The molecule has 0 aliphatic carbocycles. The van der Waals surface area contributed by atoms with Crippen LogP contribution in [0.5, 0.6) is 0 Å². The van der Waals surface area contributed by atoms with Gasteiger partial charge in [-0.2, -0.15) is 9.37 Å². The topological polar surface area (TPSA) is 25.8 Å². The first kappa shape index (κ1) is 7.09. The van der Waals surface area contributed by atoms with Crippen molar-refractivity contribution in [3.63, 3.8) is 0 Å². The molecule has 0 saturated heterocycles. The molecular formula is C8H4F2N2. The van der Waals surface area contributed by atoms with Gasteiger partial charge in [-0.1, -0.05) is 0 Å². The van der Waals surface area contributed by atoms with Crippen molar-refractivity contribution in [2.45, 2.75) is 0 Å². The highest BCUT2D eigenvalue weighted by atomic mass is 19.2. The van der Waals surface area contributed by atoms with E-state index in [1.165, 1.54) is 6.20 Å². The van der Waals surface area contributed by atoms with E-state index in [4.69, 9.17) is 0 Å². The predicted molar refractivity (Wildman–Crippen MR) is 39.5 cm³/mol. The van der Waals surface area contributed by atoms with Gasteiger partial charge in [0.1, 0.15) is 0 Å². The van der Waals surface area contributed by atoms with Crippen LogP contribution in [0.2, 0.25) is 0 Å². The van der Waals surface area contributed by atoms with Gasteiger partial charge in [0.25, 0.3) is 5.95 Å². The van der Waals surface area contributed by atoms with Crippen LogP contribution >= 0.6 is 0 Å². The van der Waals surface area contributed by atoms with Crippen LogP contribution in [0, 0.1) is 11.8 Å². The lowest BCUT2D eigenvalue weighted by Crippen LogP contribution is -1.91. The van der Waals surface area contributed by atoms with Crippen LogP contribution in [0.15, 0.2) is 24.4 Å². The summed E-state index contributed by atoms with van der Waals surface area (Å²) in [6.07, 6.45) is 1.48. The Morgan fingerprint density at radius 3 is 2.92 bits per heavy atom. The number of aromatic nitrogens is 2. The van der Waals surface area contributed by atoms with Crippen LogP contribution in [0.4, 0.5) is 8.78 Å². The molecular weight excluding hydrogens is 162 g/mol. The molecule has 0 spiro atoms. The van der Waals surface area contributed by atoms with Gasteiger partial charge in [0.15, 0.2) is 11.5 Å². The molecule has 0 aliphatic rings. The van der Waals surface area contributed by atoms with Gasteiger partial charge >= 0.3 is 0 Å². The van der Waals surface area contributed by atoms with Gasteiger partial charge in [-0.15, -0.1) is 0 Å². The van der Waals surface area contributed by atoms with Gasteiger partial charge in [0, 0.05) is 11.6 Å². The Hall–Kier alpha value is -1.58. The average molecular weight is 166 g/mol. The zero-order valence-electron chi connectivity index (χ0n) is 5.96. The second-order valence-electron chi connectivity index (χ2n) is 2.31.